The van der Waals surface area contributed by atoms with Gasteiger partial charge in [-0.25, -0.2) is 4.98 Å². The van der Waals surface area contributed by atoms with Crippen molar-refractivity contribution in [3.63, 3.8) is 0 Å². The summed E-state index contributed by atoms with van der Waals surface area (Å²) in [5.74, 6) is 0.773. The fourth-order valence-electron chi connectivity index (χ4n) is 3.20. The van der Waals surface area contributed by atoms with Crippen molar-refractivity contribution in [2.45, 2.75) is 31.6 Å². The number of rotatable bonds is 4. The highest BCUT2D eigenvalue weighted by molar-refractivity contribution is 7.15. The smallest absolute Gasteiger partial charge is 0.236 e. The van der Waals surface area contributed by atoms with Gasteiger partial charge in [0, 0.05) is 16.5 Å². The van der Waals surface area contributed by atoms with Gasteiger partial charge in [0.25, 0.3) is 0 Å². The van der Waals surface area contributed by atoms with Crippen molar-refractivity contribution in [2.24, 2.45) is 0 Å². The zero-order valence-electron chi connectivity index (χ0n) is 14.1. The Morgan fingerprint density at radius 1 is 1.36 bits per heavy atom. The van der Waals surface area contributed by atoms with Crippen LogP contribution in [0.5, 0.6) is 0 Å². The van der Waals surface area contributed by atoms with E-state index in [0.29, 0.717) is 16.8 Å². The number of nitrogens with zero attached hydrogens (tertiary/aromatic N) is 1. The maximum Gasteiger partial charge on any atom is 0.236 e. The van der Waals surface area contributed by atoms with Crippen molar-refractivity contribution in [3.05, 3.63) is 47.2 Å². The topological polar surface area (TPSA) is 67.2 Å². The fourth-order valence-corrected chi connectivity index (χ4v) is 4.19. The summed E-state index contributed by atoms with van der Waals surface area (Å²) < 4.78 is 5.80. The van der Waals surface area contributed by atoms with Gasteiger partial charge in [-0.2, -0.15) is 0 Å². The van der Waals surface area contributed by atoms with E-state index in [-0.39, 0.29) is 11.8 Å². The highest BCUT2D eigenvalue weighted by atomic mass is 32.1. The molecule has 4 rings (SSSR count). The lowest BCUT2D eigenvalue weighted by molar-refractivity contribution is -0.117. The van der Waals surface area contributed by atoms with Crippen LogP contribution in [0.2, 0.25) is 0 Å². The summed E-state index contributed by atoms with van der Waals surface area (Å²) in [4.78, 5) is 18.2. The summed E-state index contributed by atoms with van der Waals surface area (Å²) >= 11 is 1.58. The number of amides is 1. The third-order valence-electron chi connectivity index (χ3n) is 4.76. The van der Waals surface area contributed by atoms with Crippen molar-refractivity contribution in [2.75, 3.05) is 18.4 Å². The molecule has 2 aromatic heterocycles. The lowest BCUT2D eigenvalue weighted by Gasteiger charge is -2.20. The Morgan fingerprint density at radius 3 is 2.96 bits per heavy atom. The minimum absolute atomic E-state index is 0.0923. The molecule has 130 valence electrons. The standard InChI is InChI=1S/C19H21N3O2S/c1-12(16-10-14-4-2-3-5-15(14)24-16)18(23)22-19-21-11-17(25-19)13-6-8-20-9-7-13/h2-5,10-13,20H,6-9H2,1H3,(H,21,22,23). The molecule has 0 spiro atoms. The first-order valence-electron chi connectivity index (χ1n) is 8.66. The number of carbonyl (C=O) groups excluding carboxylic acids is 1. The second kappa shape index (κ2) is 6.98. The third kappa shape index (κ3) is 3.45. The summed E-state index contributed by atoms with van der Waals surface area (Å²) in [6.07, 6.45) is 4.16. The number of anilines is 1. The van der Waals surface area contributed by atoms with E-state index < -0.39 is 0 Å². The van der Waals surface area contributed by atoms with Crippen LogP contribution in [0, 0.1) is 0 Å². The molecule has 3 heterocycles. The molecule has 1 amide bonds. The Balaban J connectivity index is 1.45. The van der Waals surface area contributed by atoms with E-state index in [0.717, 1.165) is 36.9 Å². The lowest BCUT2D eigenvalue weighted by atomic mass is 9.97. The molecule has 0 bridgehead atoms. The van der Waals surface area contributed by atoms with E-state index >= 15 is 0 Å². The second-order valence-electron chi connectivity index (χ2n) is 6.49. The Labute approximate surface area is 150 Å². The lowest BCUT2D eigenvalue weighted by Crippen LogP contribution is -2.26. The van der Waals surface area contributed by atoms with Crippen molar-refractivity contribution >= 4 is 33.3 Å². The van der Waals surface area contributed by atoms with Crippen LogP contribution in [-0.2, 0) is 4.79 Å². The molecule has 1 fully saturated rings. The van der Waals surface area contributed by atoms with Crippen molar-refractivity contribution in [1.29, 1.82) is 0 Å². The van der Waals surface area contributed by atoms with Gasteiger partial charge in [-0.1, -0.05) is 18.2 Å². The molecule has 1 aliphatic rings. The van der Waals surface area contributed by atoms with E-state index in [1.807, 2.05) is 43.5 Å². The van der Waals surface area contributed by atoms with Gasteiger partial charge in [0.05, 0.1) is 5.92 Å². The average Bonchev–Trinajstić information content (AvgIpc) is 3.28. The number of fused-ring (bicyclic) bond motifs is 1. The van der Waals surface area contributed by atoms with Crippen molar-refractivity contribution in [3.8, 4) is 0 Å². The van der Waals surface area contributed by atoms with E-state index in [1.54, 1.807) is 11.3 Å². The number of carbonyl (C=O) groups is 1. The molecule has 2 N–H and O–H groups in total. The normalized spacial score (nSPS) is 16.8. The average molecular weight is 355 g/mol. The molecular weight excluding hydrogens is 334 g/mol. The van der Waals surface area contributed by atoms with Crippen LogP contribution >= 0.6 is 11.3 Å². The monoisotopic (exact) mass is 355 g/mol. The first kappa shape index (κ1) is 16.3. The highest BCUT2D eigenvalue weighted by Gasteiger charge is 2.22. The first-order valence-corrected chi connectivity index (χ1v) is 9.48. The summed E-state index contributed by atoms with van der Waals surface area (Å²) in [5.41, 5.74) is 0.805. The van der Waals surface area contributed by atoms with Crippen LogP contribution in [0.25, 0.3) is 11.0 Å². The zero-order valence-corrected chi connectivity index (χ0v) is 14.9. The van der Waals surface area contributed by atoms with E-state index in [9.17, 15) is 4.79 Å². The molecule has 0 saturated carbocycles. The van der Waals surface area contributed by atoms with Crippen LogP contribution in [0.1, 0.15) is 42.2 Å². The minimum Gasteiger partial charge on any atom is -0.460 e. The summed E-state index contributed by atoms with van der Waals surface area (Å²) in [7, 11) is 0. The quantitative estimate of drug-likeness (QED) is 0.739. The maximum absolute atomic E-state index is 12.6. The Bertz CT molecular complexity index is 847. The van der Waals surface area contributed by atoms with Gasteiger partial charge in [-0.05, 0) is 50.9 Å². The number of hydrogen-bond donors (Lipinski definition) is 2. The van der Waals surface area contributed by atoms with Gasteiger partial charge in [0.1, 0.15) is 11.3 Å². The predicted octanol–water partition coefficient (Wildman–Crippen LogP) is 4.10. The van der Waals surface area contributed by atoms with Crippen LogP contribution in [-0.4, -0.2) is 24.0 Å². The van der Waals surface area contributed by atoms with Crippen LogP contribution in [0.15, 0.2) is 40.9 Å². The van der Waals surface area contributed by atoms with Gasteiger partial charge in [0.15, 0.2) is 5.13 Å². The SMILES string of the molecule is CC(C(=O)Nc1ncc(C2CCNCC2)s1)c1cc2ccccc2o1. The first-order chi connectivity index (χ1) is 12.2. The largest absolute Gasteiger partial charge is 0.460 e. The number of aromatic nitrogens is 1. The van der Waals surface area contributed by atoms with Gasteiger partial charge in [0.2, 0.25) is 5.91 Å². The fraction of sp³-hybridized carbons (Fsp3) is 0.368. The number of furan rings is 1. The molecule has 1 aromatic carbocycles. The molecule has 6 heteroatoms. The number of hydrogen-bond acceptors (Lipinski definition) is 5. The summed E-state index contributed by atoms with van der Waals surface area (Å²) in [6, 6.07) is 9.72. The molecule has 5 nitrogen and oxygen atoms in total. The molecule has 3 aromatic rings. The van der Waals surface area contributed by atoms with Crippen LogP contribution in [0.4, 0.5) is 5.13 Å². The number of piperidine rings is 1. The number of benzene rings is 1. The van der Waals surface area contributed by atoms with Crippen LogP contribution in [0.3, 0.4) is 0 Å². The second-order valence-corrected chi connectivity index (χ2v) is 7.55. The van der Waals surface area contributed by atoms with E-state index in [4.69, 9.17) is 4.42 Å². The number of thiazole rings is 1. The minimum atomic E-state index is -0.362. The molecule has 0 aliphatic carbocycles. The van der Waals surface area contributed by atoms with Gasteiger partial charge >= 0.3 is 0 Å². The molecule has 1 saturated heterocycles. The molecular formula is C19H21N3O2S. The summed E-state index contributed by atoms with van der Waals surface area (Å²) in [6.45, 7) is 3.95. The van der Waals surface area contributed by atoms with Gasteiger partial charge < -0.3 is 15.1 Å². The molecule has 0 radical (unpaired) electrons. The number of nitrogens with one attached hydrogen (secondary N) is 2. The molecule has 1 atom stereocenters. The third-order valence-corrected chi connectivity index (χ3v) is 5.84. The Kier molecular flexibility index (Phi) is 4.55. The van der Waals surface area contributed by atoms with Gasteiger partial charge in [-0.15, -0.1) is 11.3 Å². The molecule has 1 unspecified atom stereocenters. The summed E-state index contributed by atoms with van der Waals surface area (Å²) in [5, 5.41) is 7.99. The Morgan fingerprint density at radius 2 is 2.16 bits per heavy atom. The molecule has 1 aliphatic heterocycles. The maximum atomic E-state index is 12.6. The van der Waals surface area contributed by atoms with E-state index in [2.05, 4.69) is 15.6 Å². The molecule has 25 heavy (non-hydrogen) atoms. The van der Waals surface area contributed by atoms with Crippen molar-refractivity contribution in [1.82, 2.24) is 10.3 Å². The zero-order chi connectivity index (χ0) is 17.2. The van der Waals surface area contributed by atoms with E-state index in [1.165, 1.54) is 4.88 Å². The van der Waals surface area contributed by atoms with Gasteiger partial charge in [-0.3, -0.25) is 4.79 Å². The van der Waals surface area contributed by atoms with Crippen LogP contribution < -0.4 is 10.6 Å². The van der Waals surface area contributed by atoms with Crippen molar-refractivity contribution < 1.29 is 9.21 Å². The number of para-hydroxylation sites is 1. The predicted molar refractivity (Wildman–Crippen MR) is 100 cm³/mol. The Hall–Kier alpha value is -2.18. The highest BCUT2D eigenvalue weighted by Crippen LogP contribution is 2.32.